The second kappa shape index (κ2) is 6.05. The zero-order valence-electron chi connectivity index (χ0n) is 15.1. The van der Waals surface area contributed by atoms with Crippen LogP contribution in [-0.2, 0) is 12.6 Å². The average molecular weight is 389 g/mol. The van der Waals surface area contributed by atoms with Crippen LogP contribution >= 0.6 is 0 Å². The Hall–Kier alpha value is -2.91. The molecule has 0 spiro atoms. The lowest BCUT2D eigenvalue weighted by atomic mass is 10.1. The number of H-pyrrole nitrogens is 1. The van der Waals surface area contributed by atoms with Crippen LogP contribution < -0.4 is 5.32 Å². The van der Waals surface area contributed by atoms with Crippen LogP contribution in [0.1, 0.15) is 59.4 Å². The molecule has 0 aliphatic heterocycles. The molecule has 5 rings (SSSR count). The van der Waals surface area contributed by atoms with Gasteiger partial charge in [-0.25, -0.2) is 9.97 Å². The highest BCUT2D eigenvalue weighted by Gasteiger charge is 2.40. The summed E-state index contributed by atoms with van der Waals surface area (Å²) in [6, 6.07) is 0.0716. The lowest BCUT2D eigenvalue weighted by Crippen LogP contribution is -2.12. The van der Waals surface area contributed by atoms with Gasteiger partial charge in [0.05, 0.1) is 40.6 Å². The van der Waals surface area contributed by atoms with E-state index in [1.807, 2.05) is 24.0 Å². The van der Waals surface area contributed by atoms with Gasteiger partial charge in [0.2, 0.25) is 5.95 Å². The van der Waals surface area contributed by atoms with Gasteiger partial charge in [-0.3, -0.25) is 9.78 Å². The van der Waals surface area contributed by atoms with E-state index in [2.05, 4.69) is 30.6 Å². The van der Waals surface area contributed by atoms with E-state index in [9.17, 15) is 13.2 Å². The zero-order valence-corrected chi connectivity index (χ0v) is 15.1. The molecule has 2 aliphatic carbocycles. The van der Waals surface area contributed by atoms with Gasteiger partial charge < -0.3 is 5.32 Å². The Morgan fingerprint density at radius 1 is 1.21 bits per heavy atom. The predicted octanol–water partition coefficient (Wildman–Crippen LogP) is 3.88. The molecular formula is C18H18F3N7. The van der Waals surface area contributed by atoms with Crippen molar-refractivity contribution in [2.75, 3.05) is 5.32 Å². The number of fused-ring (bicyclic) bond motifs is 1. The fourth-order valence-electron chi connectivity index (χ4n) is 3.74. The van der Waals surface area contributed by atoms with Crippen LogP contribution in [0.4, 0.5) is 24.8 Å². The van der Waals surface area contributed by atoms with Crippen LogP contribution in [0.5, 0.6) is 0 Å². The minimum atomic E-state index is -4.44. The minimum Gasteiger partial charge on any atom is -0.321 e. The number of hydrogen-bond donors (Lipinski definition) is 2. The maximum Gasteiger partial charge on any atom is 0.419 e. The Labute approximate surface area is 158 Å². The molecular weight excluding hydrogens is 371 g/mol. The van der Waals surface area contributed by atoms with Gasteiger partial charge in [-0.2, -0.15) is 23.4 Å². The van der Waals surface area contributed by atoms with Crippen LogP contribution in [-0.4, -0.2) is 29.9 Å². The molecule has 2 N–H and O–H groups in total. The Kier molecular flexibility index (Phi) is 3.72. The van der Waals surface area contributed by atoms with Gasteiger partial charge in [-0.05, 0) is 38.2 Å². The van der Waals surface area contributed by atoms with E-state index in [1.165, 1.54) is 5.56 Å². The largest absolute Gasteiger partial charge is 0.419 e. The second-order valence-corrected chi connectivity index (χ2v) is 7.36. The van der Waals surface area contributed by atoms with Crippen LogP contribution in [0, 0.1) is 6.92 Å². The van der Waals surface area contributed by atoms with Crippen molar-refractivity contribution in [1.29, 1.82) is 0 Å². The molecule has 0 amide bonds. The van der Waals surface area contributed by atoms with Gasteiger partial charge in [0.15, 0.2) is 0 Å². The number of rotatable bonds is 4. The molecule has 146 valence electrons. The van der Waals surface area contributed by atoms with Crippen LogP contribution in [0.3, 0.4) is 0 Å². The summed E-state index contributed by atoms with van der Waals surface area (Å²) in [6.45, 7) is 1.84. The van der Waals surface area contributed by atoms with Gasteiger partial charge in [0.25, 0.3) is 0 Å². The Morgan fingerprint density at radius 2 is 2.04 bits per heavy atom. The molecule has 0 aromatic carbocycles. The summed E-state index contributed by atoms with van der Waals surface area (Å²) in [4.78, 5) is 8.07. The van der Waals surface area contributed by atoms with Crippen molar-refractivity contribution in [3.05, 3.63) is 46.8 Å². The van der Waals surface area contributed by atoms with E-state index in [4.69, 9.17) is 0 Å². The third-order valence-electron chi connectivity index (χ3n) is 5.34. The topological polar surface area (TPSA) is 84.3 Å². The number of nitrogens with one attached hydrogen (secondary N) is 2. The summed E-state index contributed by atoms with van der Waals surface area (Å²) in [5.74, 6) is 0.0208. The molecule has 1 atom stereocenters. The molecule has 0 unspecified atom stereocenters. The molecule has 7 nitrogen and oxygen atoms in total. The van der Waals surface area contributed by atoms with E-state index in [1.54, 1.807) is 0 Å². The number of aryl methyl sites for hydroxylation is 2. The van der Waals surface area contributed by atoms with E-state index in [0.29, 0.717) is 5.69 Å². The number of aromatic amines is 1. The van der Waals surface area contributed by atoms with Gasteiger partial charge in [0.1, 0.15) is 0 Å². The standard InChI is InChI=1S/C18H18F3N7/c1-9-13(8-28(27-9)14-5-4-11-6-23-26-16(11)14)24-17-22-7-12(18(19,20)21)15(25-17)10-2-3-10/h6-8,10,14H,2-5H2,1H3,(H,23,26)(H,22,24,25)/t14-/m0/s1. The molecule has 28 heavy (non-hydrogen) atoms. The van der Waals surface area contributed by atoms with E-state index >= 15 is 0 Å². The molecule has 10 heteroatoms. The molecule has 0 bridgehead atoms. The molecule has 1 saturated carbocycles. The number of alkyl halides is 3. The Morgan fingerprint density at radius 3 is 2.79 bits per heavy atom. The molecule has 0 saturated heterocycles. The summed E-state index contributed by atoms with van der Waals surface area (Å²) >= 11 is 0. The normalized spacial score (nSPS) is 19.1. The van der Waals surface area contributed by atoms with Crippen LogP contribution in [0.15, 0.2) is 18.6 Å². The highest BCUT2D eigenvalue weighted by atomic mass is 19.4. The highest BCUT2D eigenvalue weighted by Crippen LogP contribution is 2.45. The van der Waals surface area contributed by atoms with Gasteiger partial charge in [0, 0.05) is 18.3 Å². The average Bonchev–Trinajstić information content (AvgIpc) is 3.08. The predicted molar refractivity (Wildman–Crippen MR) is 94.3 cm³/mol. The van der Waals surface area contributed by atoms with Crippen molar-refractivity contribution < 1.29 is 13.2 Å². The summed E-state index contributed by atoms with van der Waals surface area (Å²) < 4.78 is 41.5. The number of nitrogens with zero attached hydrogens (tertiary/aromatic N) is 5. The van der Waals surface area contributed by atoms with Crippen molar-refractivity contribution in [1.82, 2.24) is 29.9 Å². The van der Waals surface area contributed by atoms with Gasteiger partial charge in [-0.15, -0.1) is 0 Å². The van der Waals surface area contributed by atoms with Gasteiger partial charge in [-0.1, -0.05) is 0 Å². The molecule has 2 aliphatic rings. The summed E-state index contributed by atoms with van der Waals surface area (Å²) in [5.41, 5.74) is 2.97. The van der Waals surface area contributed by atoms with E-state index < -0.39 is 11.7 Å². The van der Waals surface area contributed by atoms with Crippen molar-refractivity contribution in [3.8, 4) is 0 Å². The van der Waals surface area contributed by atoms with Crippen molar-refractivity contribution >= 4 is 11.6 Å². The third-order valence-corrected chi connectivity index (χ3v) is 5.34. The van der Waals surface area contributed by atoms with Gasteiger partial charge >= 0.3 is 6.18 Å². The first-order valence-corrected chi connectivity index (χ1v) is 9.19. The number of halogens is 3. The van der Waals surface area contributed by atoms with E-state index in [-0.39, 0.29) is 23.6 Å². The molecule has 3 heterocycles. The number of aromatic nitrogens is 6. The van der Waals surface area contributed by atoms with Crippen molar-refractivity contribution in [2.24, 2.45) is 0 Å². The van der Waals surface area contributed by atoms with Crippen molar-refractivity contribution in [2.45, 2.75) is 50.7 Å². The quantitative estimate of drug-likeness (QED) is 0.707. The van der Waals surface area contributed by atoms with Crippen LogP contribution in [0.25, 0.3) is 0 Å². The first-order chi connectivity index (χ1) is 13.4. The third kappa shape index (κ3) is 2.92. The SMILES string of the molecule is Cc1nn([C@H]2CCc3cn[nH]c32)cc1Nc1ncc(C(F)(F)F)c(C2CC2)n1. The second-order valence-electron chi connectivity index (χ2n) is 7.36. The molecule has 3 aromatic rings. The summed E-state index contributed by atoms with van der Waals surface area (Å²) in [7, 11) is 0. The first-order valence-electron chi connectivity index (χ1n) is 9.19. The van der Waals surface area contributed by atoms with Crippen LogP contribution in [0.2, 0.25) is 0 Å². The maximum atomic E-state index is 13.2. The molecule has 1 fully saturated rings. The molecule has 3 aromatic heterocycles. The zero-order chi connectivity index (χ0) is 19.5. The minimum absolute atomic E-state index is 0.0716. The van der Waals surface area contributed by atoms with E-state index in [0.717, 1.165) is 43.3 Å². The Bertz CT molecular complexity index is 1030. The molecule has 0 radical (unpaired) electrons. The fourth-order valence-corrected chi connectivity index (χ4v) is 3.74. The number of hydrogen-bond acceptors (Lipinski definition) is 5. The fraction of sp³-hybridized carbons (Fsp3) is 0.444. The maximum absolute atomic E-state index is 13.2. The summed E-state index contributed by atoms with van der Waals surface area (Å²) in [6.07, 6.45) is 3.42. The Balaban J connectivity index is 1.43. The highest BCUT2D eigenvalue weighted by molar-refractivity contribution is 5.55. The first kappa shape index (κ1) is 17.2. The monoisotopic (exact) mass is 389 g/mol. The van der Waals surface area contributed by atoms with Crippen molar-refractivity contribution in [3.63, 3.8) is 0 Å². The summed E-state index contributed by atoms with van der Waals surface area (Å²) in [5, 5.41) is 14.7. The smallest absolute Gasteiger partial charge is 0.321 e. The lowest BCUT2D eigenvalue weighted by molar-refractivity contribution is -0.138. The number of anilines is 2. The lowest BCUT2D eigenvalue weighted by Gasteiger charge is -2.13.